The van der Waals surface area contributed by atoms with E-state index in [4.69, 9.17) is 14.6 Å². The third-order valence-electron chi connectivity index (χ3n) is 3.25. The predicted molar refractivity (Wildman–Crippen MR) is 88.7 cm³/mol. The largest absolute Gasteiger partial charge is 0.493 e. The summed E-state index contributed by atoms with van der Waals surface area (Å²) in [4.78, 5) is 23.3. The second kappa shape index (κ2) is 7.08. The highest BCUT2D eigenvalue weighted by Gasteiger charge is 2.31. The van der Waals surface area contributed by atoms with Crippen molar-refractivity contribution in [1.29, 1.82) is 0 Å². The Bertz CT molecular complexity index is 748. The number of carbonyl (C=O) groups excluding carboxylic acids is 1. The molecular weight excluding hydrogens is 338 g/mol. The summed E-state index contributed by atoms with van der Waals surface area (Å²) in [6.07, 6.45) is 0. The topological polar surface area (TPSA) is 119 Å². The number of carboxylic acids is 1. The molecule has 0 spiro atoms. The van der Waals surface area contributed by atoms with Crippen LogP contribution in [0.1, 0.15) is 31.1 Å². The fourth-order valence-corrected chi connectivity index (χ4v) is 2.61. The lowest BCUT2D eigenvalue weighted by molar-refractivity contribution is -0.113. The molecule has 0 heterocycles. The van der Waals surface area contributed by atoms with Gasteiger partial charge in [0.25, 0.3) is 0 Å². The zero-order chi connectivity index (χ0) is 18.7. The zero-order valence-electron chi connectivity index (χ0n) is 14.2. The van der Waals surface area contributed by atoms with Crippen LogP contribution in [0.4, 0.5) is 5.69 Å². The molecule has 0 aromatic heterocycles. The maximum Gasteiger partial charge on any atom is 0.335 e. The van der Waals surface area contributed by atoms with Gasteiger partial charge in [0.1, 0.15) is 5.75 Å². The third-order valence-corrected chi connectivity index (χ3v) is 5.76. The van der Waals surface area contributed by atoms with Gasteiger partial charge in [-0.25, -0.2) is 13.2 Å². The van der Waals surface area contributed by atoms with Gasteiger partial charge in [-0.3, -0.25) is 4.79 Å². The molecule has 0 aliphatic rings. The van der Waals surface area contributed by atoms with E-state index in [0.29, 0.717) is 0 Å². The van der Waals surface area contributed by atoms with Crippen LogP contribution in [0.5, 0.6) is 11.5 Å². The molecule has 1 amide bonds. The van der Waals surface area contributed by atoms with Crippen molar-refractivity contribution in [3.8, 4) is 11.5 Å². The van der Waals surface area contributed by atoms with Crippen molar-refractivity contribution in [2.45, 2.75) is 25.5 Å². The molecule has 0 saturated carbocycles. The standard InChI is InChI=1S/C15H21NO7S/c1-15(2,3)24(20,21)8-12(17)16-10-6-9(14(18)19)7-11(22-4)13(10)23-5/h6-7H,8H2,1-5H3,(H,16,17)(H,18,19). The van der Waals surface area contributed by atoms with Gasteiger partial charge in [-0.2, -0.15) is 0 Å². The number of carbonyl (C=O) groups is 2. The van der Waals surface area contributed by atoms with Gasteiger partial charge in [-0.1, -0.05) is 0 Å². The van der Waals surface area contributed by atoms with Gasteiger partial charge in [-0.05, 0) is 32.9 Å². The van der Waals surface area contributed by atoms with Crippen molar-refractivity contribution >= 4 is 27.4 Å². The smallest absolute Gasteiger partial charge is 0.335 e. The SMILES string of the molecule is COc1cc(C(=O)O)cc(NC(=O)CS(=O)(=O)C(C)(C)C)c1OC. The van der Waals surface area contributed by atoms with Crippen molar-refractivity contribution in [3.63, 3.8) is 0 Å². The van der Waals surface area contributed by atoms with E-state index >= 15 is 0 Å². The average molecular weight is 359 g/mol. The predicted octanol–water partition coefficient (Wildman–Crippen LogP) is 1.55. The van der Waals surface area contributed by atoms with Crippen LogP contribution in [0, 0.1) is 0 Å². The second-order valence-electron chi connectivity index (χ2n) is 5.98. The Morgan fingerprint density at radius 1 is 1.17 bits per heavy atom. The molecular formula is C15H21NO7S. The molecule has 0 saturated heterocycles. The minimum Gasteiger partial charge on any atom is -0.493 e. The number of rotatable bonds is 6. The molecule has 1 rings (SSSR count). The molecule has 1 aromatic carbocycles. The number of sulfone groups is 1. The molecule has 0 atom stereocenters. The Morgan fingerprint density at radius 2 is 1.75 bits per heavy atom. The van der Waals surface area contributed by atoms with Gasteiger partial charge < -0.3 is 19.9 Å². The zero-order valence-corrected chi connectivity index (χ0v) is 15.0. The molecule has 2 N–H and O–H groups in total. The first-order valence-electron chi connectivity index (χ1n) is 6.94. The lowest BCUT2D eigenvalue weighted by Gasteiger charge is -2.19. The maximum atomic E-state index is 12.1. The minimum atomic E-state index is -3.68. The van der Waals surface area contributed by atoms with Crippen molar-refractivity contribution < 1.29 is 32.6 Å². The van der Waals surface area contributed by atoms with Crippen LogP contribution < -0.4 is 14.8 Å². The van der Waals surface area contributed by atoms with Crippen molar-refractivity contribution in [1.82, 2.24) is 0 Å². The monoisotopic (exact) mass is 359 g/mol. The molecule has 0 aliphatic heterocycles. The average Bonchev–Trinajstić information content (AvgIpc) is 2.44. The summed E-state index contributed by atoms with van der Waals surface area (Å²) in [5, 5.41) is 11.5. The number of aromatic carboxylic acids is 1. The van der Waals surface area contributed by atoms with Gasteiger partial charge >= 0.3 is 5.97 Å². The first kappa shape index (κ1) is 19.8. The number of benzene rings is 1. The van der Waals surface area contributed by atoms with Crippen LogP contribution in [0.25, 0.3) is 0 Å². The van der Waals surface area contributed by atoms with Gasteiger partial charge in [-0.15, -0.1) is 0 Å². The molecule has 1 aromatic rings. The molecule has 0 bridgehead atoms. The van der Waals surface area contributed by atoms with Crippen molar-refractivity contribution in [2.75, 3.05) is 25.3 Å². The Hall–Kier alpha value is -2.29. The number of nitrogens with one attached hydrogen (secondary N) is 1. The number of carboxylic acid groups (broad SMARTS) is 1. The number of ether oxygens (including phenoxy) is 2. The maximum absolute atomic E-state index is 12.1. The van der Waals surface area contributed by atoms with E-state index in [-0.39, 0.29) is 22.7 Å². The molecule has 8 nitrogen and oxygen atoms in total. The van der Waals surface area contributed by atoms with Crippen LogP contribution in [-0.4, -0.2) is 50.1 Å². The van der Waals surface area contributed by atoms with E-state index in [0.717, 1.165) is 0 Å². The van der Waals surface area contributed by atoms with Gasteiger partial charge in [0.2, 0.25) is 5.91 Å². The highest BCUT2D eigenvalue weighted by atomic mass is 32.2. The van der Waals surface area contributed by atoms with E-state index < -0.39 is 32.2 Å². The highest BCUT2D eigenvalue weighted by molar-refractivity contribution is 7.93. The summed E-state index contributed by atoms with van der Waals surface area (Å²) < 4.78 is 33.3. The van der Waals surface area contributed by atoms with Gasteiger partial charge in [0.15, 0.2) is 21.3 Å². The van der Waals surface area contributed by atoms with Gasteiger partial charge in [0, 0.05) is 0 Å². The van der Waals surface area contributed by atoms with E-state index in [9.17, 15) is 18.0 Å². The van der Waals surface area contributed by atoms with Crippen LogP contribution in [-0.2, 0) is 14.6 Å². The summed E-state index contributed by atoms with van der Waals surface area (Å²) in [5.74, 6) is -2.56. The summed E-state index contributed by atoms with van der Waals surface area (Å²) >= 11 is 0. The molecule has 0 unspecified atom stereocenters. The second-order valence-corrected chi connectivity index (χ2v) is 8.73. The molecule has 0 aliphatic carbocycles. The van der Waals surface area contributed by atoms with Crippen LogP contribution >= 0.6 is 0 Å². The first-order chi connectivity index (χ1) is 10.9. The number of anilines is 1. The van der Waals surface area contributed by atoms with E-state index in [1.54, 1.807) is 0 Å². The summed E-state index contributed by atoms with van der Waals surface area (Å²) in [6.45, 7) is 4.47. The van der Waals surface area contributed by atoms with E-state index in [1.807, 2.05) is 0 Å². The fraction of sp³-hybridized carbons (Fsp3) is 0.467. The minimum absolute atomic E-state index is 0.0170. The molecule has 24 heavy (non-hydrogen) atoms. The Labute approximate surface area is 140 Å². The third kappa shape index (κ3) is 4.38. The molecule has 0 radical (unpaired) electrons. The van der Waals surface area contributed by atoms with Crippen LogP contribution in [0.15, 0.2) is 12.1 Å². The fourth-order valence-electron chi connectivity index (χ4n) is 1.76. The van der Waals surface area contributed by atoms with Gasteiger partial charge in [0.05, 0.1) is 30.2 Å². The Balaban J connectivity index is 3.20. The molecule has 134 valence electrons. The lowest BCUT2D eigenvalue weighted by atomic mass is 10.1. The van der Waals surface area contributed by atoms with Crippen molar-refractivity contribution in [2.24, 2.45) is 0 Å². The summed E-state index contributed by atoms with van der Waals surface area (Å²) in [7, 11) is -1.04. The van der Waals surface area contributed by atoms with Crippen molar-refractivity contribution in [3.05, 3.63) is 17.7 Å². The van der Waals surface area contributed by atoms with E-state index in [2.05, 4.69) is 5.32 Å². The number of hydrogen-bond donors (Lipinski definition) is 2. The lowest BCUT2D eigenvalue weighted by Crippen LogP contribution is -2.35. The van der Waals surface area contributed by atoms with Crippen LogP contribution in [0.3, 0.4) is 0 Å². The highest BCUT2D eigenvalue weighted by Crippen LogP contribution is 2.36. The first-order valence-corrected chi connectivity index (χ1v) is 8.59. The quantitative estimate of drug-likeness (QED) is 0.791. The summed E-state index contributed by atoms with van der Waals surface area (Å²) in [6, 6.07) is 2.41. The van der Waals surface area contributed by atoms with Crippen LogP contribution in [0.2, 0.25) is 0 Å². The number of amides is 1. The summed E-state index contributed by atoms with van der Waals surface area (Å²) in [5.41, 5.74) is -0.120. The Kier molecular flexibility index (Phi) is 5.83. The number of hydrogen-bond acceptors (Lipinski definition) is 6. The number of methoxy groups -OCH3 is 2. The molecule has 0 fully saturated rings. The Morgan fingerprint density at radius 3 is 2.17 bits per heavy atom. The van der Waals surface area contributed by atoms with E-state index in [1.165, 1.54) is 47.1 Å². The molecule has 9 heteroatoms. The normalized spacial score (nSPS) is 11.7.